The van der Waals surface area contributed by atoms with Crippen LogP contribution < -0.4 is 5.32 Å². The number of hydrogen-bond donors (Lipinski definition) is 1. The summed E-state index contributed by atoms with van der Waals surface area (Å²) in [6, 6.07) is 5.20. The van der Waals surface area contributed by atoms with E-state index in [2.05, 4.69) is 22.6 Å². The number of halogens is 1. The Morgan fingerprint density at radius 1 is 1.42 bits per heavy atom. The van der Waals surface area contributed by atoms with Crippen LogP contribution in [0.25, 0.3) is 0 Å². The van der Waals surface area contributed by atoms with E-state index in [1.165, 1.54) is 11.6 Å². The highest BCUT2D eigenvalue weighted by atomic mass is 32.1. The minimum Gasteiger partial charge on any atom is -0.308 e. The average molecular weight is 278 g/mol. The van der Waals surface area contributed by atoms with Crippen LogP contribution in [0.1, 0.15) is 36.2 Å². The first-order valence-corrected chi connectivity index (χ1v) is 7.51. The van der Waals surface area contributed by atoms with Crippen LogP contribution >= 0.6 is 11.3 Å². The fourth-order valence-corrected chi connectivity index (χ4v) is 2.71. The van der Waals surface area contributed by atoms with Crippen LogP contribution in [0.4, 0.5) is 4.39 Å². The lowest BCUT2D eigenvalue weighted by Gasteiger charge is -2.18. The van der Waals surface area contributed by atoms with Gasteiger partial charge in [0.05, 0.1) is 17.2 Å². The highest BCUT2D eigenvalue weighted by molar-refractivity contribution is 7.07. The minimum absolute atomic E-state index is 0.173. The number of nitrogens with zero attached hydrogens (tertiary/aromatic N) is 1. The lowest BCUT2D eigenvalue weighted by atomic mass is 9.99. The largest absolute Gasteiger partial charge is 0.308 e. The zero-order valence-corrected chi connectivity index (χ0v) is 12.1. The van der Waals surface area contributed by atoms with Crippen molar-refractivity contribution in [3.05, 3.63) is 51.7 Å². The molecule has 2 rings (SSSR count). The third-order valence-electron chi connectivity index (χ3n) is 3.18. The smallest absolute Gasteiger partial charge is 0.123 e. The molecule has 2 aromatic rings. The predicted molar refractivity (Wildman–Crippen MR) is 78.0 cm³/mol. The molecule has 1 N–H and O–H groups in total. The Labute approximate surface area is 117 Å². The number of aryl methyl sites for hydroxylation is 1. The molecule has 102 valence electrons. The maximum atomic E-state index is 13.1. The molecule has 2 nitrogen and oxygen atoms in total. The Morgan fingerprint density at radius 3 is 2.89 bits per heavy atom. The zero-order chi connectivity index (χ0) is 13.7. The summed E-state index contributed by atoms with van der Waals surface area (Å²) in [5.41, 5.74) is 5.09. The van der Waals surface area contributed by atoms with Crippen molar-refractivity contribution in [2.45, 2.75) is 32.7 Å². The summed E-state index contributed by atoms with van der Waals surface area (Å²) in [6.07, 6.45) is 1.93. The molecule has 0 aliphatic carbocycles. The molecule has 0 fully saturated rings. The van der Waals surface area contributed by atoms with Gasteiger partial charge in [-0.1, -0.05) is 13.0 Å². The molecular weight excluding hydrogens is 259 g/mol. The minimum atomic E-state index is -0.173. The monoisotopic (exact) mass is 278 g/mol. The molecular formula is C15H19FN2S. The van der Waals surface area contributed by atoms with Crippen molar-refractivity contribution in [3.63, 3.8) is 0 Å². The number of aromatic nitrogens is 1. The Morgan fingerprint density at radius 2 is 2.26 bits per heavy atom. The summed E-state index contributed by atoms with van der Waals surface area (Å²) < 4.78 is 13.1. The van der Waals surface area contributed by atoms with Crippen molar-refractivity contribution in [2.24, 2.45) is 0 Å². The first-order valence-electron chi connectivity index (χ1n) is 6.57. The normalized spacial score (nSPS) is 12.6. The number of rotatable bonds is 6. The van der Waals surface area contributed by atoms with E-state index >= 15 is 0 Å². The first kappa shape index (κ1) is 14.2. The Bertz CT molecular complexity index is 511. The van der Waals surface area contributed by atoms with E-state index in [1.54, 1.807) is 17.4 Å². The molecule has 1 aromatic carbocycles. The molecule has 0 bridgehead atoms. The lowest BCUT2D eigenvalue weighted by Crippen LogP contribution is -2.24. The van der Waals surface area contributed by atoms with Gasteiger partial charge in [0.25, 0.3) is 0 Å². The van der Waals surface area contributed by atoms with Crippen LogP contribution in [-0.2, 0) is 6.42 Å². The van der Waals surface area contributed by atoms with E-state index in [-0.39, 0.29) is 11.9 Å². The standard InChI is InChI=1S/C15H19FN2S/c1-3-6-17-14(15-9-19-10-18-15)8-12-4-5-13(16)7-11(12)2/h4-5,7,9-10,14,17H,3,6,8H2,1-2H3. The molecule has 0 aliphatic heterocycles. The molecule has 19 heavy (non-hydrogen) atoms. The summed E-state index contributed by atoms with van der Waals surface area (Å²) in [5, 5.41) is 5.59. The number of thiazole rings is 1. The second-order valence-electron chi connectivity index (χ2n) is 4.69. The third kappa shape index (κ3) is 3.85. The second kappa shape index (κ2) is 6.78. The van der Waals surface area contributed by atoms with Crippen molar-refractivity contribution in [3.8, 4) is 0 Å². The topological polar surface area (TPSA) is 24.9 Å². The molecule has 0 amide bonds. The van der Waals surface area contributed by atoms with Crippen LogP contribution in [0.5, 0.6) is 0 Å². The summed E-state index contributed by atoms with van der Waals surface area (Å²) in [4.78, 5) is 4.39. The van der Waals surface area contributed by atoms with Crippen LogP contribution in [0, 0.1) is 12.7 Å². The van der Waals surface area contributed by atoms with Crippen molar-refractivity contribution < 1.29 is 4.39 Å². The SMILES string of the molecule is CCCNC(Cc1ccc(F)cc1C)c1cscn1. The number of benzene rings is 1. The summed E-state index contributed by atoms with van der Waals surface area (Å²) in [7, 11) is 0. The zero-order valence-electron chi connectivity index (χ0n) is 11.3. The van der Waals surface area contributed by atoms with Gasteiger partial charge in [-0.25, -0.2) is 9.37 Å². The van der Waals surface area contributed by atoms with Gasteiger partial charge in [0.2, 0.25) is 0 Å². The average Bonchev–Trinajstić information content (AvgIpc) is 2.90. The third-order valence-corrected chi connectivity index (χ3v) is 3.78. The van der Waals surface area contributed by atoms with E-state index in [4.69, 9.17) is 0 Å². The Balaban J connectivity index is 2.15. The molecule has 1 unspecified atom stereocenters. The molecule has 4 heteroatoms. The molecule has 0 radical (unpaired) electrons. The van der Waals surface area contributed by atoms with Crippen LogP contribution in [-0.4, -0.2) is 11.5 Å². The number of nitrogens with one attached hydrogen (secondary N) is 1. The van der Waals surface area contributed by atoms with Gasteiger partial charge in [-0.05, 0) is 49.6 Å². The Hall–Kier alpha value is -1.26. The highest BCUT2D eigenvalue weighted by Crippen LogP contribution is 2.21. The number of hydrogen-bond acceptors (Lipinski definition) is 3. The van der Waals surface area contributed by atoms with Crippen molar-refractivity contribution >= 4 is 11.3 Å². The lowest BCUT2D eigenvalue weighted by molar-refractivity contribution is 0.518. The van der Waals surface area contributed by atoms with Crippen LogP contribution in [0.15, 0.2) is 29.1 Å². The van der Waals surface area contributed by atoms with Gasteiger partial charge in [0.1, 0.15) is 5.82 Å². The summed E-state index contributed by atoms with van der Waals surface area (Å²) in [6.45, 7) is 5.06. The molecule has 0 saturated carbocycles. The van der Waals surface area contributed by atoms with Gasteiger partial charge >= 0.3 is 0 Å². The van der Waals surface area contributed by atoms with Crippen molar-refractivity contribution in [2.75, 3.05) is 6.54 Å². The fourth-order valence-electron chi connectivity index (χ4n) is 2.10. The first-order chi connectivity index (χ1) is 9.20. The molecule has 0 saturated heterocycles. The van der Waals surface area contributed by atoms with Crippen molar-refractivity contribution in [1.82, 2.24) is 10.3 Å². The molecule has 1 heterocycles. The molecule has 0 aliphatic rings. The van der Waals surface area contributed by atoms with Crippen molar-refractivity contribution in [1.29, 1.82) is 0 Å². The predicted octanol–water partition coefficient (Wildman–Crippen LogP) is 3.87. The maximum absolute atomic E-state index is 13.1. The molecule has 0 spiro atoms. The summed E-state index contributed by atoms with van der Waals surface area (Å²) >= 11 is 1.61. The van der Waals surface area contributed by atoms with Gasteiger partial charge in [0, 0.05) is 5.38 Å². The van der Waals surface area contributed by atoms with Gasteiger partial charge in [0.15, 0.2) is 0 Å². The van der Waals surface area contributed by atoms with Gasteiger partial charge in [-0.15, -0.1) is 11.3 Å². The van der Waals surface area contributed by atoms with E-state index < -0.39 is 0 Å². The van der Waals surface area contributed by atoms with E-state index in [0.29, 0.717) is 0 Å². The van der Waals surface area contributed by atoms with Crippen LogP contribution in [0.3, 0.4) is 0 Å². The quantitative estimate of drug-likeness (QED) is 0.867. The molecule has 1 aromatic heterocycles. The second-order valence-corrected chi connectivity index (χ2v) is 5.41. The van der Waals surface area contributed by atoms with E-state index in [9.17, 15) is 4.39 Å². The van der Waals surface area contributed by atoms with E-state index in [1.807, 2.05) is 18.5 Å². The highest BCUT2D eigenvalue weighted by Gasteiger charge is 2.14. The van der Waals surface area contributed by atoms with Gasteiger partial charge in [-0.3, -0.25) is 0 Å². The maximum Gasteiger partial charge on any atom is 0.123 e. The van der Waals surface area contributed by atoms with E-state index in [0.717, 1.165) is 30.6 Å². The van der Waals surface area contributed by atoms with Gasteiger partial charge < -0.3 is 5.32 Å². The van der Waals surface area contributed by atoms with Gasteiger partial charge in [-0.2, -0.15) is 0 Å². The summed E-state index contributed by atoms with van der Waals surface area (Å²) in [5.74, 6) is -0.173. The molecule has 1 atom stereocenters. The fraction of sp³-hybridized carbons (Fsp3) is 0.400. The van der Waals surface area contributed by atoms with Crippen LogP contribution in [0.2, 0.25) is 0 Å². The Kier molecular flexibility index (Phi) is 5.05.